The van der Waals surface area contributed by atoms with Crippen molar-refractivity contribution in [1.82, 2.24) is 10.2 Å². The highest BCUT2D eigenvalue weighted by molar-refractivity contribution is 7.92. The summed E-state index contributed by atoms with van der Waals surface area (Å²) in [6.07, 6.45) is 6.03. The molecule has 42 heavy (non-hydrogen) atoms. The molecule has 0 spiro atoms. The SMILES string of the molecule is CC[C@@H](C(=O)NC1CCCCC1)N(CCc1ccccc1)C(=O)CN(c1cccc(Cl)c1)S(=O)(=O)c1ccc(Cl)cc1. The van der Waals surface area contributed by atoms with Crippen molar-refractivity contribution in [1.29, 1.82) is 0 Å². The van der Waals surface area contributed by atoms with E-state index in [4.69, 9.17) is 23.2 Å². The molecule has 0 bridgehead atoms. The normalized spacial score (nSPS) is 14.6. The van der Waals surface area contributed by atoms with Crippen molar-refractivity contribution >= 4 is 50.7 Å². The van der Waals surface area contributed by atoms with Crippen LogP contribution in [0.4, 0.5) is 5.69 Å². The van der Waals surface area contributed by atoms with Crippen LogP contribution in [0, 0.1) is 0 Å². The Labute approximate surface area is 258 Å². The smallest absolute Gasteiger partial charge is 0.264 e. The Kier molecular flexibility index (Phi) is 11.3. The second-order valence-electron chi connectivity index (χ2n) is 10.5. The molecule has 2 amide bonds. The van der Waals surface area contributed by atoms with Gasteiger partial charge < -0.3 is 10.2 Å². The van der Waals surface area contributed by atoms with Crippen LogP contribution < -0.4 is 9.62 Å². The lowest BCUT2D eigenvalue weighted by Crippen LogP contribution is -2.54. The summed E-state index contributed by atoms with van der Waals surface area (Å²) >= 11 is 12.3. The van der Waals surface area contributed by atoms with Gasteiger partial charge in [-0.3, -0.25) is 13.9 Å². The minimum atomic E-state index is -4.19. The van der Waals surface area contributed by atoms with E-state index in [1.807, 2.05) is 37.3 Å². The largest absolute Gasteiger partial charge is 0.352 e. The van der Waals surface area contributed by atoms with Gasteiger partial charge in [0.25, 0.3) is 10.0 Å². The molecule has 1 saturated carbocycles. The van der Waals surface area contributed by atoms with E-state index in [9.17, 15) is 18.0 Å². The molecule has 0 unspecified atom stereocenters. The van der Waals surface area contributed by atoms with Gasteiger partial charge in [-0.25, -0.2) is 8.42 Å². The van der Waals surface area contributed by atoms with Gasteiger partial charge in [-0.05, 0) is 73.7 Å². The van der Waals surface area contributed by atoms with Crippen molar-refractivity contribution in [2.45, 2.75) is 68.8 Å². The van der Waals surface area contributed by atoms with Crippen LogP contribution >= 0.6 is 23.2 Å². The molecule has 1 fully saturated rings. The first kappa shape index (κ1) is 31.9. The number of amides is 2. The molecule has 0 radical (unpaired) electrons. The fraction of sp³-hybridized carbons (Fsp3) is 0.375. The van der Waals surface area contributed by atoms with E-state index in [1.165, 1.54) is 35.2 Å². The molecule has 10 heteroatoms. The number of carbonyl (C=O) groups is 2. The summed E-state index contributed by atoms with van der Waals surface area (Å²) in [6.45, 7) is 1.62. The van der Waals surface area contributed by atoms with Crippen LogP contribution in [-0.4, -0.2) is 50.3 Å². The first-order chi connectivity index (χ1) is 20.2. The van der Waals surface area contributed by atoms with Crippen molar-refractivity contribution in [3.63, 3.8) is 0 Å². The summed E-state index contributed by atoms with van der Waals surface area (Å²) in [7, 11) is -4.19. The van der Waals surface area contributed by atoms with Crippen LogP contribution in [-0.2, 0) is 26.0 Å². The van der Waals surface area contributed by atoms with Crippen LogP contribution in [0.5, 0.6) is 0 Å². The Morgan fingerprint density at radius 1 is 0.905 bits per heavy atom. The second-order valence-corrected chi connectivity index (χ2v) is 13.3. The van der Waals surface area contributed by atoms with Gasteiger partial charge in [0.2, 0.25) is 11.8 Å². The predicted octanol–water partition coefficient (Wildman–Crippen LogP) is 6.49. The van der Waals surface area contributed by atoms with Crippen LogP contribution in [0.3, 0.4) is 0 Å². The molecule has 1 aliphatic rings. The lowest BCUT2D eigenvalue weighted by molar-refractivity contribution is -0.140. The highest BCUT2D eigenvalue weighted by Gasteiger charge is 2.34. The van der Waals surface area contributed by atoms with Crippen molar-refractivity contribution in [3.05, 3.63) is 94.5 Å². The maximum absolute atomic E-state index is 14.1. The number of hydrogen-bond donors (Lipinski definition) is 1. The minimum Gasteiger partial charge on any atom is -0.352 e. The number of nitrogens with zero attached hydrogens (tertiary/aromatic N) is 2. The van der Waals surface area contributed by atoms with Crippen molar-refractivity contribution in [2.24, 2.45) is 0 Å². The van der Waals surface area contributed by atoms with Crippen molar-refractivity contribution < 1.29 is 18.0 Å². The van der Waals surface area contributed by atoms with Crippen LogP contribution in [0.2, 0.25) is 10.0 Å². The molecule has 3 aromatic carbocycles. The third-order valence-electron chi connectivity index (χ3n) is 7.60. The van der Waals surface area contributed by atoms with Crippen molar-refractivity contribution in [2.75, 3.05) is 17.4 Å². The maximum atomic E-state index is 14.1. The topological polar surface area (TPSA) is 86.8 Å². The summed E-state index contributed by atoms with van der Waals surface area (Å²) in [5.74, 6) is -0.685. The summed E-state index contributed by atoms with van der Waals surface area (Å²) in [4.78, 5) is 29.2. The van der Waals surface area contributed by atoms with E-state index in [0.717, 1.165) is 42.0 Å². The Bertz CT molecular complexity index is 1450. The highest BCUT2D eigenvalue weighted by atomic mass is 35.5. The molecule has 7 nitrogen and oxygen atoms in total. The van der Waals surface area contributed by atoms with Gasteiger partial charge in [-0.2, -0.15) is 0 Å². The minimum absolute atomic E-state index is 0.0161. The summed E-state index contributed by atoms with van der Waals surface area (Å²) < 4.78 is 28.9. The van der Waals surface area contributed by atoms with Gasteiger partial charge in [-0.1, -0.05) is 85.8 Å². The lowest BCUT2D eigenvalue weighted by Gasteiger charge is -2.34. The number of sulfonamides is 1. The zero-order valence-electron chi connectivity index (χ0n) is 23.7. The predicted molar refractivity (Wildman–Crippen MR) is 168 cm³/mol. The zero-order chi connectivity index (χ0) is 30.1. The quantitative estimate of drug-likeness (QED) is 0.248. The van der Waals surface area contributed by atoms with E-state index >= 15 is 0 Å². The van der Waals surface area contributed by atoms with Gasteiger partial charge in [0.1, 0.15) is 12.6 Å². The van der Waals surface area contributed by atoms with Crippen LogP contribution in [0.25, 0.3) is 0 Å². The number of nitrogens with one attached hydrogen (secondary N) is 1. The molecule has 3 aromatic rings. The Morgan fingerprint density at radius 3 is 2.24 bits per heavy atom. The maximum Gasteiger partial charge on any atom is 0.264 e. The van der Waals surface area contributed by atoms with Gasteiger partial charge in [0, 0.05) is 22.6 Å². The average Bonchev–Trinajstić information content (AvgIpc) is 2.99. The van der Waals surface area contributed by atoms with Gasteiger partial charge in [0.15, 0.2) is 0 Å². The zero-order valence-corrected chi connectivity index (χ0v) is 26.0. The molecule has 1 N–H and O–H groups in total. The van der Waals surface area contributed by atoms with E-state index in [2.05, 4.69) is 5.32 Å². The number of halogens is 2. The second kappa shape index (κ2) is 14.9. The first-order valence-corrected chi connectivity index (χ1v) is 16.6. The highest BCUT2D eigenvalue weighted by Crippen LogP contribution is 2.27. The number of anilines is 1. The number of rotatable bonds is 12. The molecule has 1 atom stereocenters. The number of hydrogen-bond acceptors (Lipinski definition) is 4. The van der Waals surface area contributed by atoms with Gasteiger partial charge >= 0.3 is 0 Å². The Hall–Kier alpha value is -3.07. The molecule has 1 aliphatic carbocycles. The molecule has 0 aromatic heterocycles. The van der Waals surface area contributed by atoms with Crippen molar-refractivity contribution in [3.8, 4) is 0 Å². The third kappa shape index (κ3) is 8.27. The molecule has 0 heterocycles. The van der Waals surface area contributed by atoms with Crippen LogP contribution in [0.15, 0.2) is 83.8 Å². The Morgan fingerprint density at radius 2 is 1.60 bits per heavy atom. The Balaban J connectivity index is 1.66. The summed E-state index contributed by atoms with van der Waals surface area (Å²) in [6, 6.07) is 21.2. The lowest BCUT2D eigenvalue weighted by atomic mass is 9.95. The molecular weight excluding hydrogens is 593 g/mol. The van der Waals surface area contributed by atoms with E-state index < -0.39 is 28.5 Å². The molecule has 0 saturated heterocycles. The summed E-state index contributed by atoms with van der Waals surface area (Å²) in [5, 5.41) is 3.88. The van der Waals surface area contributed by atoms with Gasteiger partial charge in [0.05, 0.1) is 10.6 Å². The van der Waals surface area contributed by atoms with E-state index in [-0.39, 0.29) is 29.1 Å². The number of benzene rings is 3. The fourth-order valence-corrected chi connectivity index (χ4v) is 7.05. The monoisotopic (exact) mass is 629 g/mol. The molecule has 224 valence electrons. The van der Waals surface area contributed by atoms with Gasteiger partial charge in [-0.15, -0.1) is 0 Å². The molecule has 0 aliphatic heterocycles. The third-order valence-corrected chi connectivity index (χ3v) is 9.87. The molecular formula is C32H37Cl2N3O4S. The first-order valence-electron chi connectivity index (χ1n) is 14.4. The van der Waals surface area contributed by atoms with E-state index in [0.29, 0.717) is 22.9 Å². The fourth-order valence-electron chi connectivity index (χ4n) is 5.33. The van der Waals surface area contributed by atoms with Crippen LogP contribution in [0.1, 0.15) is 51.0 Å². The standard InChI is InChI=1S/C32H37Cl2N3O4S/c1-2-30(32(39)35-27-13-7-4-8-14-27)36(21-20-24-10-5-3-6-11-24)31(38)23-37(28-15-9-12-26(34)22-28)42(40,41)29-18-16-25(33)17-19-29/h3,5-6,9-12,15-19,22,27,30H,2,4,7-8,13-14,20-21,23H2,1H3,(H,35,39)/t30-/m0/s1. The summed E-state index contributed by atoms with van der Waals surface area (Å²) in [5.41, 5.74) is 1.26. The molecule has 4 rings (SSSR count). The average molecular weight is 631 g/mol. The number of carbonyl (C=O) groups excluding carboxylic acids is 2. The van der Waals surface area contributed by atoms with E-state index in [1.54, 1.807) is 18.2 Å².